The highest BCUT2D eigenvalue weighted by Gasteiger charge is 2.40. The summed E-state index contributed by atoms with van der Waals surface area (Å²) in [5.41, 5.74) is 0.0354. The van der Waals surface area contributed by atoms with E-state index in [2.05, 4.69) is 4.98 Å². The fourth-order valence-electron chi connectivity index (χ4n) is 1.59. The number of H-pyrrole nitrogens is 1. The van der Waals surface area contributed by atoms with E-state index in [0.29, 0.717) is 11.1 Å². The molecular weight excluding hydrogens is 238 g/mol. The Morgan fingerprint density at radius 2 is 1.94 bits per heavy atom. The minimum Gasteiger partial charge on any atom is -0.360 e. The van der Waals surface area contributed by atoms with Gasteiger partial charge in [0.25, 0.3) is 5.78 Å². The van der Waals surface area contributed by atoms with Crippen LogP contribution in [-0.2, 0) is 0 Å². The number of rotatable bonds is 1. The van der Waals surface area contributed by atoms with Gasteiger partial charge >= 0.3 is 6.18 Å². The van der Waals surface area contributed by atoms with Crippen molar-refractivity contribution in [3.63, 3.8) is 0 Å². The van der Waals surface area contributed by atoms with Gasteiger partial charge in [0.2, 0.25) is 0 Å². The van der Waals surface area contributed by atoms with Crippen LogP contribution in [0.4, 0.5) is 17.6 Å². The molecule has 0 bridgehead atoms. The number of benzene rings is 1. The minimum atomic E-state index is -4.96. The Labute approximate surface area is 93.2 Å². The smallest absolute Gasteiger partial charge is 0.360 e. The summed E-state index contributed by atoms with van der Waals surface area (Å²) in [6.45, 7) is 1.49. The molecule has 0 saturated heterocycles. The summed E-state index contributed by atoms with van der Waals surface area (Å²) in [6.07, 6.45) is -4.02. The fraction of sp³-hybridized carbons (Fsp3) is 0.182. The van der Waals surface area contributed by atoms with Gasteiger partial charge in [-0.1, -0.05) is 0 Å². The van der Waals surface area contributed by atoms with Crippen molar-refractivity contribution in [2.75, 3.05) is 0 Å². The maximum Gasteiger partial charge on any atom is 0.454 e. The quantitative estimate of drug-likeness (QED) is 0.606. The lowest BCUT2D eigenvalue weighted by Crippen LogP contribution is -2.22. The topological polar surface area (TPSA) is 32.9 Å². The van der Waals surface area contributed by atoms with Gasteiger partial charge < -0.3 is 4.98 Å². The van der Waals surface area contributed by atoms with Gasteiger partial charge in [0.1, 0.15) is 5.82 Å². The van der Waals surface area contributed by atoms with Crippen LogP contribution in [0.15, 0.2) is 18.3 Å². The van der Waals surface area contributed by atoms with Crippen LogP contribution < -0.4 is 0 Å². The normalized spacial score (nSPS) is 12.1. The Kier molecular flexibility index (Phi) is 2.45. The van der Waals surface area contributed by atoms with E-state index in [9.17, 15) is 22.4 Å². The fourth-order valence-corrected chi connectivity index (χ4v) is 1.59. The lowest BCUT2D eigenvalue weighted by molar-refractivity contribution is -0.0884. The lowest BCUT2D eigenvalue weighted by Gasteiger charge is -2.03. The van der Waals surface area contributed by atoms with E-state index in [0.717, 1.165) is 12.3 Å². The zero-order valence-corrected chi connectivity index (χ0v) is 8.65. The van der Waals surface area contributed by atoms with Crippen molar-refractivity contribution in [1.82, 2.24) is 4.98 Å². The van der Waals surface area contributed by atoms with E-state index < -0.39 is 23.3 Å². The van der Waals surface area contributed by atoms with Crippen LogP contribution in [0.1, 0.15) is 15.9 Å². The number of hydrogen-bond acceptors (Lipinski definition) is 1. The first-order valence-corrected chi connectivity index (χ1v) is 4.69. The van der Waals surface area contributed by atoms with Gasteiger partial charge in [0, 0.05) is 17.1 Å². The number of Topliss-reactive ketones (excluding diaryl/α,β-unsaturated/α-hetero) is 1. The highest BCUT2D eigenvalue weighted by atomic mass is 19.4. The highest BCUT2D eigenvalue weighted by molar-refractivity contribution is 6.10. The summed E-state index contributed by atoms with van der Waals surface area (Å²) < 4.78 is 50.0. The second-order valence-electron chi connectivity index (χ2n) is 3.68. The predicted molar refractivity (Wildman–Crippen MR) is 53.4 cm³/mol. The molecule has 0 saturated carbocycles. The Balaban J connectivity index is 2.65. The van der Waals surface area contributed by atoms with Crippen LogP contribution in [0.2, 0.25) is 0 Å². The first kappa shape index (κ1) is 11.6. The molecule has 90 valence electrons. The number of aromatic nitrogens is 1. The molecule has 0 aliphatic carbocycles. The number of aryl methyl sites for hydroxylation is 1. The van der Waals surface area contributed by atoms with Crippen molar-refractivity contribution in [1.29, 1.82) is 0 Å². The van der Waals surface area contributed by atoms with Crippen molar-refractivity contribution in [2.24, 2.45) is 0 Å². The molecule has 2 rings (SSSR count). The molecule has 1 N–H and O–H groups in total. The molecule has 0 fully saturated rings. The van der Waals surface area contributed by atoms with Gasteiger partial charge in [-0.2, -0.15) is 13.2 Å². The molecule has 0 spiro atoms. The summed E-state index contributed by atoms with van der Waals surface area (Å²) in [7, 11) is 0. The molecular formula is C11H7F4NO. The Bertz CT molecular complexity index is 597. The number of hydrogen-bond donors (Lipinski definition) is 1. The third-order valence-corrected chi connectivity index (χ3v) is 2.46. The molecule has 0 unspecified atom stereocenters. The number of halogens is 4. The maximum atomic E-state index is 13.3. The monoisotopic (exact) mass is 245 g/mol. The van der Waals surface area contributed by atoms with E-state index in [4.69, 9.17) is 0 Å². The highest BCUT2D eigenvalue weighted by Crippen LogP contribution is 2.28. The summed E-state index contributed by atoms with van der Waals surface area (Å²) in [6, 6.07) is 2.29. The van der Waals surface area contributed by atoms with E-state index >= 15 is 0 Å². The second kappa shape index (κ2) is 3.58. The number of aromatic amines is 1. The largest absolute Gasteiger partial charge is 0.454 e. The molecule has 1 heterocycles. The molecule has 0 radical (unpaired) electrons. The van der Waals surface area contributed by atoms with Gasteiger partial charge in [-0.05, 0) is 24.6 Å². The second-order valence-corrected chi connectivity index (χ2v) is 3.68. The van der Waals surface area contributed by atoms with E-state index in [-0.39, 0.29) is 5.39 Å². The van der Waals surface area contributed by atoms with Crippen molar-refractivity contribution in [3.05, 3.63) is 35.3 Å². The zero-order valence-electron chi connectivity index (χ0n) is 8.65. The number of ketones is 1. The van der Waals surface area contributed by atoms with Gasteiger partial charge in [-0.25, -0.2) is 4.39 Å². The van der Waals surface area contributed by atoms with Gasteiger partial charge in [-0.3, -0.25) is 4.79 Å². The van der Waals surface area contributed by atoms with Crippen LogP contribution in [0, 0.1) is 12.7 Å². The van der Waals surface area contributed by atoms with Crippen molar-refractivity contribution in [2.45, 2.75) is 13.1 Å². The summed E-state index contributed by atoms with van der Waals surface area (Å²) in [5.74, 6) is -2.62. The third-order valence-electron chi connectivity index (χ3n) is 2.46. The third kappa shape index (κ3) is 1.90. The molecule has 17 heavy (non-hydrogen) atoms. The Morgan fingerprint density at radius 1 is 1.29 bits per heavy atom. The number of carbonyl (C=O) groups is 1. The number of fused-ring (bicyclic) bond motifs is 1. The van der Waals surface area contributed by atoms with E-state index in [1.54, 1.807) is 0 Å². The SMILES string of the molecule is Cc1cc2[nH]cc(C(=O)C(F)(F)F)c2cc1F. The number of nitrogens with one attached hydrogen (secondary N) is 1. The van der Waals surface area contributed by atoms with Crippen molar-refractivity contribution in [3.8, 4) is 0 Å². The Morgan fingerprint density at radius 3 is 2.53 bits per heavy atom. The summed E-state index contributed by atoms with van der Waals surface area (Å²) in [5, 5.41) is -0.0598. The van der Waals surface area contributed by atoms with E-state index in [1.807, 2.05) is 0 Å². The molecule has 2 aromatic rings. The first-order chi connectivity index (χ1) is 7.80. The van der Waals surface area contributed by atoms with Crippen LogP contribution in [0.3, 0.4) is 0 Å². The van der Waals surface area contributed by atoms with Crippen LogP contribution in [0.5, 0.6) is 0 Å². The van der Waals surface area contributed by atoms with E-state index in [1.165, 1.54) is 13.0 Å². The number of alkyl halides is 3. The zero-order chi connectivity index (χ0) is 12.8. The molecule has 0 aliphatic heterocycles. The van der Waals surface area contributed by atoms with Crippen LogP contribution in [0.25, 0.3) is 10.9 Å². The average molecular weight is 245 g/mol. The lowest BCUT2D eigenvalue weighted by atomic mass is 10.1. The van der Waals surface area contributed by atoms with Gasteiger partial charge in [0.05, 0.1) is 5.56 Å². The molecule has 0 amide bonds. The van der Waals surface area contributed by atoms with Gasteiger partial charge in [0.15, 0.2) is 0 Å². The predicted octanol–water partition coefficient (Wildman–Crippen LogP) is 3.36. The molecule has 1 aromatic carbocycles. The minimum absolute atomic E-state index is 0.0598. The maximum absolute atomic E-state index is 13.3. The van der Waals surface area contributed by atoms with Gasteiger partial charge in [-0.15, -0.1) is 0 Å². The molecule has 0 atom stereocenters. The average Bonchev–Trinajstić information content (AvgIpc) is 2.59. The molecule has 0 aliphatic rings. The number of carbonyl (C=O) groups excluding carboxylic acids is 1. The van der Waals surface area contributed by atoms with Crippen molar-refractivity contribution < 1.29 is 22.4 Å². The standard InChI is InChI=1S/C11H7F4NO/c1-5-2-9-6(3-8(5)12)7(4-16-9)10(17)11(13,14)15/h2-4,16H,1H3. The first-order valence-electron chi connectivity index (χ1n) is 4.69. The summed E-state index contributed by atoms with van der Waals surface area (Å²) in [4.78, 5) is 13.6. The summed E-state index contributed by atoms with van der Waals surface area (Å²) >= 11 is 0. The van der Waals surface area contributed by atoms with Crippen LogP contribution >= 0.6 is 0 Å². The molecule has 2 nitrogen and oxygen atoms in total. The molecule has 6 heteroatoms. The molecule has 1 aromatic heterocycles. The van der Waals surface area contributed by atoms with Crippen LogP contribution in [-0.4, -0.2) is 16.9 Å². The Hall–Kier alpha value is -1.85. The van der Waals surface area contributed by atoms with Crippen molar-refractivity contribution >= 4 is 16.7 Å².